The van der Waals surface area contributed by atoms with Gasteiger partial charge in [-0.1, -0.05) is 31.5 Å². The van der Waals surface area contributed by atoms with Gasteiger partial charge in [0.1, 0.15) is 5.82 Å². The Labute approximate surface area is 107 Å². The van der Waals surface area contributed by atoms with Crippen LogP contribution in [-0.2, 0) is 9.53 Å². The highest BCUT2D eigenvalue weighted by Crippen LogP contribution is 2.15. The van der Waals surface area contributed by atoms with Crippen molar-refractivity contribution in [1.82, 2.24) is 5.32 Å². The van der Waals surface area contributed by atoms with E-state index in [0.717, 1.165) is 12.8 Å². The van der Waals surface area contributed by atoms with Gasteiger partial charge in [0.25, 0.3) is 0 Å². The average molecular weight is 253 g/mol. The lowest BCUT2D eigenvalue weighted by molar-refractivity contribution is -0.142. The summed E-state index contributed by atoms with van der Waals surface area (Å²) in [6.45, 7) is 4.40. The number of rotatable bonds is 7. The standard InChI is InChI=1S/C14H20FNO2/c1-3-4-9-18-14(17)10-16-11(2)12-7-5-6-8-13(12)15/h5-8,11,16H,3-4,9-10H2,1-2H3. The zero-order valence-electron chi connectivity index (χ0n) is 10.9. The van der Waals surface area contributed by atoms with E-state index in [1.54, 1.807) is 18.2 Å². The molecule has 1 rings (SSSR count). The molecule has 1 atom stereocenters. The highest BCUT2D eigenvalue weighted by Gasteiger charge is 2.11. The Bertz CT molecular complexity index is 382. The van der Waals surface area contributed by atoms with E-state index < -0.39 is 0 Å². The molecule has 0 aliphatic rings. The molecule has 0 aliphatic heterocycles. The largest absolute Gasteiger partial charge is 0.465 e. The van der Waals surface area contributed by atoms with Crippen LogP contribution in [0.5, 0.6) is 0 Å². The van der Waals surface area contributed by atoms with Crippen LogP contribution in [0.15, 0.2) is 24.3 Å². The van der Waals surface area contributed by atoms with Gasteiger partial charge in [0.15, 0.2) is 0 Å². The van der Waals surface area contributed by atoms with Gasteiger partial charge in [-0.15, -0.1) is 0 Å². The number of halogens is 1. The Morgan fingerprint density at radius 3 is 2.83 bits per heavy atom. The quantitative estimate of drug-likeness (QED) is 0.600. The molecule has 0 bridgehead atoms. The third-order valence-electron chi connectivity index (χ3n) is 2.69. The number of carbonyl (C=O) groups excluding carboxylic acids is 1. The fourth-order valence-electron chi connectivity index (χ4n) is 1.55. The molecule has 18 heavy (non-hydrogen) atoms. The third kappa shape index (κ3) is 4.84. The lowest BCUT2D eigenvalue weighted by Crippen LogP contribution is -2.28. The fraction of sp³-hybridized carbons (Fsp3) is 0.500. The average Bonchev–Trinajstić information content (AvgIpc) is 2.37. The van der Waals surface area contributed by atoms with Gasteiger partial charge < -0.3 is 10.1 Å². The summed E-state index contributed by atoms with van der Waals surface area (Å²) in [5.41, 5.74) is 0.554. The zero-order chi connectivity index (χ0) is 13.4. The second-order valence-electron chi connectivity index (χ2n) is 4.20. The van der Waals surface area contributed by atoms with Gasteiger partial charge in [-0.25, -0.2) is 4.39 Å². The van der Waals surface area contributed by atoms with Gasteiger partial charge in [0.2, 0.25) is 0 Å². The Balaban J connectivity index is 2.35. The number of carbonyl (C=O) groups is 1. The van der Waals surface area contributed by atoms with Crippen molar-refractivity contribution in [2.75, 3.05) is 13.2 Å². The first-order chi connectivity index (χ1) is 8.65. The van der Waals surface area contributed by atoms with Crippen molar-refractivity contribution < 1.29 is 13.9 Å². The molecule has 0 aliphatic carbocycles. The molecule has 0 fully saturated rings. The Morgan fingerprint density at radius 2 is 2.17 bits per heavy atom. The van der Waals surface area contributed by atoms with Crippen molar-refractivity contribution in [1.29, 1.82) is 0 Å². The summed E-state index contributed by atoms with van der Waals surface area (Å²) < 4.78 is 18.5. The van der Waals surface area contributed by atoms with Crippen LogP contribution < -0.4 is 5.32 Å². The minimum atomic E-state index is -0.299. The van der Waals surface area contributed by atoms with Crippen LogP contribution in [0.1, 0.15) is 38.3 Å². The first kappa shape index (κ1) is 14.6. The van der Waals surface area contributed by atoms with Gasteiger partial charge in [0, 0.05) is 11.6 Å². The maximum absolute atomic E-state index is 13.5. The molecule has 0 heterocycles. The van der Waals surface area contributed by atoms with Crippen LogP contribution >= 0.6 is 0 Å². The van der Waals surface area contributed by atoms with Crippen molar-refractivity contribution in [3.8, 4) is 0 Å². The van der Waals surface area contributed by atoms with Crippen LogP contribution in [0.4, 0.5) is 4.39 Å². The summed E-state index contributed by atoms with van der Waals surface area (Å²) in [7, 11) is 0. The third-order valence-corrected chi connectivity index (χ3v) is 2.69. The predicted molar refractivity (Wildman–Crippen MR) is 68.7 cm³/mol. The molecular formula is C14H20FNO2. The van der Waals surface area contributed by atoms with Crippen LogP contribution in [-0.4, -0.2) is 19.1 Å². The fourth-order valence-corrected chi connectivity index (χ4v) is 1.55. The minimum absolute atomic E-state index is 0.0964. The summed E-state index contributed by atoms with van der Waals surface area (Å²) in [5.74, 6) is -0.566. The van der Waals surface area contributed by atoms with Crippen molar-refractivity contribution in [3.63, 3.8) is 0 Å². The summed E-state index contributed by atoms with van der Waals surface area (Å²) >= 11 is 0. The van der Waals surface area contributed by atoms with E-state index in [2.05, 4.69) is 5.32 Å². The smallest absolute Gasteiger partial charge is 0.319 e. The van der Waals surface area contributed by atoms with E-state index in [9.17, 15) is 9.18 Å². The van der Waals surface area contributed by atoms with Crippen molar-refractivity contribution in [2.45, 2.75) is 32.7 Å². The van der Waals surface area contributed by atoms with Crippen molar-refractivity contribution in [2.24, 2.45) is 0 Å². The Hall–Kier alpha value is -1.42. The Kier molecular flexibility index (Phi) is 6.36. The van der Waals surface area contributed by atoms with E-state index in [0.29, 0.717) is 12.2 Å². The van der Waals surface area contributed by atoms with Gasteiger partial charge in [-0.2, -0.15) is 0 Å². The van der Waals surface area contributed by atoms with Gasteiger partial charge in [-0.05, 0) is 19.4 Å². The monoisotopic (exact) mass is 253 g/mol. The van der Waals surface area contributed by atoms with Crippen molar-refractivity contribution in [3.05, 3.63) is 35.6 Å². The number of esters is 1. The maximum atomic E-state index is 13.5. The van der Waals surface area contributed by atoms with E-state index >= 15 is 0 Å². The van der Waals surface area contributed by atoms with E-state index in [-0.39, 0.29) is 24.4 Å². The second-order valence-corrected chi connectivity index (χ2v) is 4.20. The molecule has 4 heteroatoms. The molecule has 1 aromatic rings. The van der Waals surface area contributed by atoms with E-state index in [1.165, 1.54) is 6.07 Å². The minimum Gasteiger partial charge on any atom is -0.465 e. The topological polar surface area (TPSA) is 38.3 Å². The molecule has 100 valence electrons. The van der Waals surface area contributed by atoms with E-state index in [4.69, 9.17) is 4.74 Å². The van der Waals surface area contributed by atoms with Crippen LogP contribution in [0, 0.1) is 5.82 Å². The maximum Gasteiger partial charge on any atom is 0.319 e. The summed E-state index contributed by atoms with van der Waals surface area (Å²) in [4.78, 5) is 11.4. The molecule has 1 aromatic carbocycles. The molecule has 0 saturated carbocycles. The molecule has 0 saturated heterocycles. The van der Waals surface area contributed by atoms with Crippen LogP contribution in [0.2, 0.25) is 0 Å². The summed E-state index contributed by atoms with van der Waals surface area (Å²) in [5, 5.41) is 2.95. The second kappa shape index (κ2) is 7.82. The molecule has 3 nitrogen and oxygen atoms in total. The number of hydrogen-bond donors (Lipinski definition) is 1. The number of hydrogen-bond acceptors (Lipinski definition) is 3. The molecule has 0 spiro atoms. The lowest BCUT2D eigenvalue weighted by Gasteiger charge is -2.14. The van der Waals surface area contributed by atoms with E-state index in [1.807, 2.05) is 13.8 Å². The SMILES string of the molecule is CCCCOC(=O)CNC(C)c1ccccc1F. The van der Waals surface area contributed by atoms with Crippen LogP contribution in [0.3, 0.4) is 0 Å². The summed E-state index contributed by atoms with van der Waals surface area (Å²) in [6, 6.07) is 6.31. The van der Waals surface area contributed by atoms with Gasteiger partial charge >= 0.3 is 5.97 Å². The van der Waals surface area contributed by atoms with Crippen LogP contribution in [0.25, 0.3) is 0 Å². The molecule has 1 unspecified atom stereocenters. The molecule has 0 radical (unpaired) electrons. The first-order valence-corrected chi connectivity index (χ1v) is 6.28. The number of benzene rings is 1. The summed E-state index contributed by atoms with van der Waals surface area (Å²) in [6.07, 6.45) is 1.86. The molecule has 1 N–H and O–H groups in total. The van der Waals surface area contributed by atoms with Gasteiger partial charge in [0.05, 0.1) is 13.2 Å². The van der Waals surface area contributed by atoms with Crippen molar-refractivity contribution >= 4 is 5.97 Å². The number of ether oxygens (including phenoxy) is 1. The normalized spacial score (nSPS) is 12.2. The predicted octanol–water partition coefficient (Wildman–Crippen LogP) is 2.82. The first-order valence-electron chi connectivity index (χ1n) is 6.28. The lowest BCUT2D eigenvalue weighted by atomic mass is 10.1. The number of unbranched alkanes of at least 4 members (excludes halogenated alkanes) is 1. The molecular weight excluding hydrogens is 233 g/mol. The zero-order valence-corrected chi connectivity index (χ0v) is 10.9. The highest BCUT2D eigenvalue weighted by molar-refractivity contribution is 5.71. The van der Waals surface area contributed by atoms with Gasteiger partial charge in [-0.3, -0.25) is 4.79 Å². The highest BCUT2D eigenvalue weighted by atomic mass is 19.1. The Morgan fingerprint density at radius 1 is 1.44 bits per heavy atom. The number of nitrogens with one attached hydrogen (secondary N) is 1. The molecule has 0 aromatic heterocycles. The molecule has 0 amide bonds.